The Morgan fingerprint density at radius 2 is 2.00 bits per heavy atom. The Bertz CT molecular complexity index is 444. The van der Waals surface area contributed by atoms with Crippen molar-refractivity contribution in [3.05, 3.63) is 52.7 Å². The Hall–Kier alpha value is -1.36. The van der Waals surface area contributed by atoms with Gasteiger partial charge in [0.2, 0.25) is 0 Å². The van der Waals surface area contributed by atoms with Gasteiger partial charge >= 0.3 is 0 Å². The fraction of sp³-hybridized carbons (Fsp3) is 0.333. The highest BCUT2D eigenvalue weighted by Crippen LogP contribution is 2.08. The summed E-state index contributed by atoms with van der Waals surface area (Å²) in [5, 5.41) is 14.0. The molecule has 3 nitrogen and oxygen atoms in total. The molecule has 0 bridgehead atoms. The van der Waals surface area contributed by atoms with Gasteiger partial charge in [-0.15, -0.1) is 11.3 Å². The summed E-state index contributed by atoms with van der Waals surface area (Å²) in [4.78, 5) is 1.39. The molecule has 0 unspecified atom stereocenters. The molecule has 0 aliphatic rings. The average Bonchev–Trinajstić information content (AvgIpc) is 2.96. The molecule has 0 spiro atoms. The van der Waals surface area contributed by atoms with Crippen molar-refractivity contribution < 1.29 is 15.2 Å². The molecule has 1 aromatic carbocycles. The molecule has 19 heavy (non-hydrogen) atoms. The first-order valence-corrected chi connectivity index (χ1v) is 7.42. The van der Waals surface area contributed by atoms with Crippen LogP contribution in [-0.2, 0) is 6.42 Å². The third-order valence-corrected chi connectivity index (χ3v) is 3.74. The lowest BCUT2D eigenvalue weighted by molar-refractivity contribution is -0.660. The first-order chi connectivity index (χ1) is 9.34. The van der Waals surface area contributed by atoms with Gasteiger partial charge in [0.15, 0.2) is 0 Å². The number of hydrogen-bond donors (Lipinski definition) is 2. The molecule has 1 heterocycles. The smallest absolute Gasteiger partial charge is 0.137 e. The molecule has 3 N–H and O–H groups in total. The van der Waals surface area contributed by atoms with Crippen LogP contribution in [0, 0.1) is 0 Å². The largest absolute Gasteiger partial charge is 0.491 e. The second-order valence-electron chi connectivity index (χ2n) is 4.42. The highest BCUT2D eigenvalue weighted by atomic mass is 32.1. The van der Waals surface area contributed by atoms with E-state index in [9.17, 15) is 5.11 Å². The van der Waals surface area contributed by atoms with E-state index >= 15 is 0 Å². The number of ether oxygens (including phenoxy) is 1. The number of aliphatic hydroxyl groups excluding tert-OH is 1. The molecule has 0 saturated carbocycles. The Morgan fingerprint density at radius 3 is 2.74 bits per heavy atom. The monoisotopic (exact) mass is 278 g/mol. The van der Waals surface area contributed by atoms with Gasteiger partial charge < -0.3 is 15.2 Å². The van der Waals surface area contributed by atoms with Crippen LogP contribution in [0.25, 0.3) is 0 Å². The molecular weight excluding hydrogens is 258 g/mol. The van der Waals surface area contributed by atoms with Crippen molar-refractivity contribution in [2.24, 2.45) is 0 Å². The summed E-state index contributed by atoms with van der Waals surface area (Å²) >= 11 is 1.78. The summed E-state index contributed by atoms with van der Waals surface area (Å²) in [6, 6.07) is 13.8. The van der Waals surface area contributed by atoms with Crippen molar-refractivity contribution in [3.8, 4) is 5.75 Å². The molecule has 1 aromatic heterocycles. The number of aliphatic hydroxyl groups is 1. The van der Waals surface area contributed by atoms with Crippen molar-refractivity contribution in [3.63, 3.8) is 0 Å². The van der Waals surface area contributed by atoms with E-state index in [4.69, 9.17) is 4.74 Å². The number of quaternary nitrogens is 1. The molecule has 0 radical (unpaired) electrons. The standard InChI is InChI=1S/C15H19NO2S/c17-13(12-18-14-5-2-1-3-6-14)11-16-9-8-15-7-4-10-19-15/h1-7,10,13,16-17H,8-9,11-12H2/p+1/t13-/m1/s1. The summed E-state index contributed by atoms with van der Waals surface area (Å²) in [6.07, 6.45) is 0.632. The summed E-state index contributed by atoms with van der Waals surface area (Å²) in [5.74, 6) is 0.806. The fourth-order valence-corrected chi connectivity index (χ4v) is 2.51. The van der Waals surface area contributed by atoms with E-state index < -0.39 is 6.10 Å². The molecule has 4 heteroatoms. The number of rotatable bonds is 8. The number of nitrogens with two attached hydrogens (primary N) is 1. The van der Waals surface area contributed by atoms with Crippen molar-refractivity contribution in [1.29, 1.82) is 0 Å². The topological polar surface area (TPSA) is 46.1 Å². The number of para-hydroxylation sites is 1. The lowest BCUT2D eigenvalue weighted by Crippen LogP contribution is -2.87. The van der Waals surface area contributed by atoms with Gasteiger partial charge in [-0.25, -0.2) is 0 Å². The molecule has 0 aliphatic carbocycles. The minimum absolute atomic E-state index is 0.347. The summed E-state index contributed by atoms with van der Waals surface area (Å²) in [6.45, 7) is 2.03. The zero-order valence-corrected chi connectivity index (χ0v) is 11.7. The SMILES string of the molecule is O[C@H](C[NH2+]CCc1cccs1)COc1ccccc1. The minimum Gasteiger partial charge on any atom is -0.491 e. The molecule has 0 amide bonds. The molecular formula is C15H20NO2S+. The summed E-state index contributed by atoms with van der Waals surface area (Å²) < 4.78 is 5.50. The molecule has 2 rings (SSSR count). The van der Waals surface area contributed by atoms with E-state index in [0.717, 1.165) is 18.7 Å². The van der Waals surface area contributed by atoms with Crippen LogP contribution >= 0.6 is 11.3 Å². The van der Waals surface area contributed by atoms with Crippen LogP contribution in [0.3, 0.4) is 0 Å². The van der Waals surface area contributed by atoms with Crippen molar-refractivity contribution in [2.75, 3.05) is 19.7 Å². The molecule has 0 saturated heterocycles. The van der Waals surface area contributed by atoms with Crippen LogP contribution in [0.5, 0.6) is 5.75 Å². The van der Waals surface area contributed by atoms with Gasteiger partial charge in [-0.3, -0.25) is 0 Å². The van der Waals surface area contributed by atoms with Crippen LogP contribution in [0.4, 0.5) is 0 Å². The van der Waals surface area contributed by atoms with E-state index in [2.05, 4.69) is 22.8 Å². The van der Waals surface area contributed by atoms with Gasteiger partial charge in [0, 0.05) is 11.3 Å². The molecule has 0 fully saturated rings. The van der Waals surface area contributed by atoms with E-state index in [1.807, 2.05) is 30.3 Å². The van der Waals surface area contributed by atoms with Crippen LogP contribution in [0.2, 0.25) is 0 Å². The number of thiophene rings is 1. The summed E-state index contributed by atoms with van der Waals surface area (Å²) in [7, 11) is 0. The van der Waals surface area contributed by atoms with Crippen LogP contribution in [-0.4, -0.2) is 30.9 Å². The third kappa shape index (κ3) is 5.42. The maximum Gasteiger partial charge on any atom is 0.137 e. The fourth-order valence-electron chi connectivity index (χ4n) is 1.79. The van der Waals surface area contributed by atoms with Gasteiger partial charge in [0.05, 0.1) is 6.54 Å². The Labute approximate surface area is 117 Å². The lowest BCUT2D eigenvalue weighted by atomic mass is 10.3. The third-order valence-electron chi connectivity index (χ3n) is 2.80. The molecule has 1 atom stereocenters. The Kier molecular flexibility index (Phi) is 5.88. The Balaban J connectivity index is 1.56. The maximum absolute atomic E-state index is 9.81. The number of hydrogen-bond acceptors (Lipinski definition) is 3. The van der Waals surface area contributed by atoms with Crippen LogP contribution in [0.1, 0.15) is 4.88 Å². The highest BCUT2D eigenvalue weighted by Gasteiger charge is 2.07. The molecule has 0 aliphatic heterocycles. The first-order valence-electron chi connectivity index (χ1n) is 6.54. The summed E-state index contributed by atoms with van der Waals surface area (Å²) in [5.41, 5.74) is 0. The zero-order chi connectivity index (χ0) is 13.3. The van der Waals surface area contributed by atoms with Crippen molar-refractivity contribution in [2.45, 2.75) is 12.5 Å². The normalized spacial score (nSPS) is 12.3. The van der Waals surface area contributed by atoms with Gasteiger partial charge in [0.25, 0.3) is 0 Å². The highest BCUT2D eigenvalue weighted by molar-refractivity contribution is 7.09. The minimum atomic E-state index is -0.427. The first kappa shape index (κ1) is 14.1. The van der Waals surface area contributed by atoms with E-state index in [0.29, 0.717) is 13.2 Å². The quantitative estimate of drug-likeness (QED) is 0.715. The maximum atomic E-state index is 9.81. The van der Waals surface area contributed by atoms with E-state index in [1.165, 1.54) is 4.88 Å². The second kappa shape index (κ2) is 7.94. The average molecular weight is 278 g/mol. The predicted octanol–water partition coefficient (Wildman–Crippen LogP) is 1.29. The van der Waals surface area contributed by atoms with Gasteiger partial charge in [-0.05, 0) is 23.6 Å². The van der Waals surface area contributed by atoms with E-state index in [1.54, 1.807) is 11.3 Å². The van der Waals surface area contributed by atoms with Gasteiger partial charge in [0.1, 0.15) is 25.0 Å². The van der Waals surface area contributed by atoms with Crippen molar-refractivity contribution >= 4 is 11.3 Å². The zero-order valence-electron chi connectivity index (χ0n) is 10.9. The van der Waals surface area contributed by atoms with Crippen LogP contribution in [0.15, 0.2) is 47.8 Å². The van der Waals surface area contributed by atoms with Gasteiger partial charge in [-0.1, -0.05) is 24.3 Å². The van der Waals surface area contributed by atoms with Crippen LogP contribution < -0.4 is 10.1 Å². The lowest BCUT2D eigenvalue weighted by Gasteiger charge is -2.11. The number of benzene rings is 1. The predicted molar refractivity (Wildman–Crippen MR) is 77.6 cm³/mol. The molecule has 102 valence electrons. The molecule has 2 aromatic rings. The van der Waals surface area contributed by atoms with Crippen molar-refractivity contribution in [1.82, 2.24) is 0 Å². The Morgan fingerprint density at radius 1 is 1.16 bits per heavy atom. The van der Waals surface area contributed by atoms with E-state index in [-0.39, 0.29) is 0 Å². The van der Waals surface area contributed by atoms with Gasteiger partial charge in [-0.2, -0.15) is 0 Å². The second-order valence-corrected chi connectivity index (χ2v) is 5.45.